The molecule has 12 heteroatoms. The van der Waals surface area contributed by atoms with E-state index in [0.29, 0.717) is 25.7 Å². The number of carbonyl (C=O) groups is 6. The number of aliphatic carboxylic acids is 3. The Bertz CT molecular complexity index is 7890. The second kappa shape index (κ2) is 16.2. The van der Waals surface area contributed by atoms with Gasteiger partial charge in [-0.3, -0.25) is 28.8 Å². The zero-order valence-corrected chi connectivity index (χ0v) is 59.9. The van der Waals surface area contributed by atoms with E-state index in [0.717, 1.165) is 19.3 Å². The minimum Gasteiger partial charge on any atom is -0.481 e. The van der Waals surface area contributed by atoms with Crippen molar-refractivity contribution in [1.82, 2.24) is 5.32 Å². The van der Waals surface area contributed by atoms with Gasteiger partial charge in [-0.1, -0.05) is 103 Å². The molecule has 0 saturated heterocycles. The van der Waals surface area contributed by atoms with Gasteiger partial charge in [-0.05, 0) is 358 Å². The number of carboxylic acids is 3. The lowest BCUT2D eigenvalue weighted by molar-refractivity contribution is -0.167. The highest BCUT2D eigenvalue weighted by molar-refractivity contribution is 6.82. The van der Waals surface area contributed by atoms with Crippen LogP contribution in [0.25, 0.3) is 291 Å². The van der Waals surface area contributed by atoms with Gasteiger partial charge >= 0.3 is 29.8 Å². The quantitative estimate of drug-likeness (QED) is 0.0128. The number of carbonyl (C=O) groups excluding carboxylic acids is 3. The Morgan fingerprint density at radius 2 is 0.440 bits per heavy atom. The number of benzene rings is 18. The van der Waals surface area contributed by atoms with Crippen LogP contribution in [-0.4, -0.2) is 69.8 Å². The lowest BCUT2D eigenvalue weighted by Gasteiger charge is -2.34. The summed E-state index contributed by atoms with van der Waals surface area (Å²) in [5, 5.41) is 109. The fraction of sp³-hybridized carbons (Fsp3) is 0.340. The van der Waals surface area contributed by atoms with E-state index >= 15 is 9.59 Å². The molecule has 28 aromatic carbocycles. The molecule has 522 valence electrons. The number of nitrogens with one attached hydrogen (secondary N) is 1. The Balaban J connectivity index is 0.618. The standard InChI is InChI=1S/C97H63NO11/c1-2-3-4-5-6-7-8-9-10-11-12-13-14-15-16-19-28-108-92(106)97(93(107)109-29-20-17-18-21-30(99)98-94(25-22-31(100)101,26-23-32(102)103)27-24-33(104)105)95-88-80-72-62-52-44-36-34-35-38-42-40(36)48-56-50(42)60-54-46(38)47-39(35)43-41-37(34)45(44)53-59-49(41)57-51(43)61-55(47)65-64(54)74-68(60)78-70(56)76(66(72)58(48)52)84(88)86(78)90-82(74)83-75(65)69(61)79-71(57)77-67(59)73(63(53)62)81(80)89(95)85(77)87(79)91(83)96(90,95)97/h2-29H2,1H3,(H,98,99)(H,100,101)(H,102,103)(H,104,105). The van der Waals surface area contributed by atoms with Crippen molar-refractivity contribution >= 4 is 327 Å². The van der Waals surface area contributed by atoms with Gasteiger partial charge in [0.1, 0.15) is 0 Å². The topological polar surface area (TPSA) is 194 Å². The molecule has 1 saturated carbocycles. The molecular weight excluding hydrogens is 1360 g/mol. The van der Waals surface area contributed by atoms with E-state index in [1.807, 2.05) is 0 Å². The Morgan fingerprint density at radius 3 is 0.642 bits per heavy atom. The van der Waals surface area contributed by atoms with E-state index in [1.165, 1.54) is 390 Å². The Morgan fingerprint density at radius 1 is 0.257 bits per heavy atom. The van der Waals surface area contributed by atoms with Crippen molar-refractivity contribution in [1.29, 1.82) is 0 Å². The van der Waals surface area contributed by atoms with Crippen LogP contribution in [0.4, 0.5) is 0 Å². The molecule has 0 aliphatic heterocycles. The Hall–Kier alpha value is -10.7. The summed E-state index contributed by atoms with van der Waals surface area (Å²) >= 11 is 0. The summed E-state index contributed by atoms with van der Waals surface area (Å²) in [4.78, 5) is 85.8. The van der Waals surface area contributed by atoms with Gasteiger partial charge in [-0.2, -0.15) is 0 Å². The molecule has 0 atom stereocenters. The molecule has 4 N–H and O–H groups in total. The fourth-order valence-electron chi connectivity index (χ4n) is 31.0. The Labute approximate surface area is 613 Å². The first-order chi connectivity index (χ1) is 53.5. The van der Waals surface area contributed by atoms with E-state index in [4.69, 9.17) is 9.47 Å². The van der Waals surface area contributed by atoms with Crippen LogP contribution in [0.3, 0.4) is 0 Å². The monoisotopic (exact) mass is 1420 g/mol. The SMILES string of the molecule is CCCCCCCCCCCCCCCCCCOC(=O)C1(C(=O)OCCCCCC(=O)NC(CCC(=O)O)(CCC(=O)O)CCC(=O)O)C23c4c5c6c7c8c9c(c%10c%11c2c2c4c4c%12c5c5c6c6c8c8c%13c9c9c%10c%10c%11c%11c2c2c4c4c%12c%12c5c5c6c8c6c8c%13c9c9c%10c%10c%11c2c2c4c4c%12c5c6c5c8c9c%10c2c45)C713. The first-order valence-corrected chi connectivity index (χ1v) is 41.6. The molecule has 28 aromatic rings. The van der Waals surface area contributed by atoms with E-state index in [-0.39, 0.29) is 58.2 Å². The molecule has 2 spiro atoms. The minimum atomic E-state index is -1.90. The molecule has 12 nitrogen and oxygen atoms in total. The molecule has 5 aliphatic rings. The zero-order valence-electron chi connectivity index (χ0n) is 59.9. The van der Waals surface area contributed by atoms with Crippen LogP contribution in [0, 0.1) is 5.41 Å². The molecule has 33 rings (SSSR count). The first kappa shape index (κ1) is 55.6. The molecule has 109 heavy (non-hydrogen) atoms. The molecule has 0 unspecified atom stereocenters. The van der Waals surface area contributed by atoms with Crippen LogP contribution in [0.15, 0.2) is 0 Å². The number of carboxylic acid groups (broad SMARTS) is 3. The van der Waals surface area contributed by atoms with Crippen molar-refractivity contribution in [3.8, 4) is 0 Å². The van der Waals surface area contributed by atoms with Crippen LogP contribution in [0.5, 0.6) is 0 Å². The maximum atomic E-state index is 18.0. The van der Waals surface area contributed by atoms with Crippen LogP contribution >= 0.6 is 0 Å². The normalized spacial score (nSPS) is 19.8. The molecule has 1 amide bonds. The smallest absolute Gasteiger partial charge is 0.326 e. The number of hydrogen-bond donors (Lipinski definition) is 4. The summed E-state index contributed by atoms with van der Waals surface area (Å²) < 4.78 is 14.5. The van der Waals surface area contributed by atoms with Gasteiger partial charge < -0.3 is 30.1 Å². The predicted molar refractivity (Wildman–Crippen MR) is 438 cm³/mol. The van der Waals surface area contributed by atoms with E-state index in [1.54, 1.807) is 0 Å². The summed E-state index contributed by atoms with van der Waals surface area (Å²) in [5.41, 5.74) is -0.988. The molecule has 0 bridgehead atoms. The number of rotatable bonds is 35. The van der Waals surface area contributed by atoms with Crippen molar-refractivity contribution in [3.05, 3.63) is 22.3 Å². The van der Waals surface area contributed by atoms with Crippen LogP contribution in [0.2, 0.25) is 0 Å². The molecule has 0 aromatic heterocycles. The fourth-order valence-corrected chi connectivity index (χ4v) is 31.0. The third-order valence-corrected chi connectivity index (χ3v) is 33.4. The highest BCUT2D eigenvalue weighted by Gasteiger charge is 3.01. The van der Waals surface area contributed by atoms with Gasteiger partial charge in [0.05, 0.1) is 24.0 Å². The number of hydrogen-bond acceptors (Lipinski definition) is 8. The summed E-state index contributed by atoms with van der Waals surface area (Å²) in [6.07, 6.45) is 19.4. The number of ether oxygens (including phenoxy) is 2. The van der Waals surface area contributed by atoms with Crippen LogP contribution in [-0.2, 0) is 49.1 Å². The summed E-state index contributed by atoms with van der Waals surface area (Å²) in [6.45, 7) is 2.47. The molecule has 0 radical (unpaired) electrons. The van der Waals surface area contributed by atoms with Gasteiger partial charge in [0.2, 0.25) is 5.91 Å². The third-order valence-electron chi connectivity index (χ3n) is 33.4. The van der Waals surface area contributed by atoms with Crippen molar-refractivity contribution in [2.75, 3.05) is 13.2 Å². The maximum absolute atomic E-state index is 18.0. The first-order valence-electron chi connectivity index (χ1n) is 41.6. The highest BCUT2D eigenvalue weighted by atomic mass is 16.6. The van der Waals surface area contributed by atoms with Crippen molar-refractivity contribution in [3.63, 3.8) is 0 Å². The molecule has 1 fully saturated rings. The summed E-state index contributed by atoms with van der Waals surface area (Å²) in [7, 11) is 0. The number of unbranched alkanes of at least 4 members (excludes halogenated alkanes) is 17. The number of amides is 1. The predicted octanol–water partition coefficient (Wildman–Crippen LogP) is 23.7. The highest BCUT2D eigenvalue weighted by Crippen LogP contribution is 2.97. The van der Waals surface area contributed by atoms with Crippen molar-refractivity contribution in [2.45, 2.75) is 190 Å². The summed E-state index contributed by atoms with van der Waals surface area (Å²) in [6, 6.07) is 0. The van der Waals surface area contributed by atoms with Crippen molar-refractivity contribution < 1.29 is 53.6 Å². The van der Waals surface area contributed by atoms with Crippen LogP contribution < -0.4 is 5.32 Å². The molecular formula is C97H63NO11. The Kier molecular flexibility index (Phi) is 8.25. The van der Waals surface area contributed by atoms with Crippen molar-refractivity contribution in [2.24, 2.45) is 5.41 Å². The lowest BCUT2D eigenvalue weighted by atomic mass is 9.68. The van der Waals surface area contributed by atoms with E-state index < -0.39 is 57.5 Å². The van der Waals surface area contributed by atoms with Gasteiger partial charge in [0, 0.05) is 31.2 Å². The van der Waals surface area contributed by atoms with E-state index in [9.17, 15) is 34.5 Å². The maximum Gasteiger partial charge on any atom is 0.326 e. The average molecular weight is 1420 g/mol. The molecule has 5 aliphatic carbocycles. The second-order valence-electron chi connectivity index (χ2n) is 36.9. The molecule has 0 heterocycles. The van der Waals surface area contributed by atoms with Gasteiger partial charge in [0.15, 0.2) is 5.41 Å². The third kappa shape index (κ3) is 4.54. The van der Waals surface area contributed by atoms with Gasteiger partial charge in [-0.25, -0.2) is 0 Å². The second-order valence-corrected chi connectivity index (χ2v) is 36.9. The zero-order chi connectivity index (χ0) is 70.9. The summed E-state index contributed by atoms with van der Waals surface area (Å²) in [5.74, 6) is -4.80. The van der Waals surface area contributed by atoms with Crippen LogP contribution in [0.1, 0.15) is 196 Å². The average Bonchev–Trinajstić information content (AvgIpc) is 1.35. The lowest BCUT2D eigenvalue weighted by Crippen LogP contribution is -2.49. The number of esters is 2. The van der Waals surface area contributed by atoms with E-state index in [2.05, 4.69) is 12.2 Å². The van der Waals surface area contributed by atoms with Gasteiger partial charge in [0.25, 0.3) is 0 Å². The minimum absolute atomic E-state index is 0.00267. The largest absolute Gasteiger partial charge is 0.481 e. The van der Waals surface area contributed by atoms with Gasteiger partial charge in [-0.15, -0.1) is 0 Å².